The quantitative estimate of drug-likeness (QED) is 0.604. The van der Waals surface area contributed by atoms with Gasteiger partial charge in [0.2, 0.25) is 0 Å². The van der Waals surface area contributed by atoms with Gasteiger partial charge in [0.05, 0.1) is 21.3 Å². The number of benzene rings is 1. The second kappa shape index (κ2) is 5.94. The van der Waals surface area contributed by atoms with E-state index in [1.165, 1.54) is 7.11 Å². The minimum atomic E-state index is -0.485. The van der Waals surface area contributed by atoms with Crippen molar-refractivity contribution in [1.82, 2.24) is 0 Å². The van der Waals surface area contributed by atoms with Crippen LogP contribution in [-0.4, -0.2) is 33.1 Å². The van der Waals surface area contributed by atoms with Crippen molar-refractivity contribution in [2.24, 2.45) is 5.92 Å². The summed E-state index contributed by atoms with van der Waals surface area (Å²) in [6, 6.07) is 3.80. The number of Topliss-reactive ketones (excluding diaryl/α,β-unsaturated/α-hetero) is 1. The third-order valence-corrected chi connectivity index (χ3v) is 3.64. The first-order chi connectivity index (χ1) is 9.58. The van der Waals surface area contributed by atoms with Crippen LogP contribution in [0.4, 0.5) is 0 Å². The summed E-state index contributed by atoms with van der Waals surface area (Å²) in [6.45, 7) is 0. The van der Waals surface area contributed by atoms with E-state index in [0.717, 1.165) is 11.1 Å². The molecule has 0 saturated carbocycles. The van der Waals surface area contributed by atoms with Crippen molar-refractivity contribution >= 4 is 11.8 Å². The zero-order chi connectivity index (χ0) is 14.7. The summed E-state index contributed by atoms with van der Waals surface area (Å²) in [5, 5.41) is 0. The molecule has 0 heterocycles. The van der Waals surface area contributed by atoms with E-state index in [9.17, 15) is 9.59 Å². The van der Waals surface area contributed by atoms with Crippen molar-refractivity contribution in [3.05, 3.63) is 23.3 Å². The van der Waals surface area contributed by atoms with Crippen LogP contribution in [0.2, 0.25) is 0 Å². The second-order valence-corrected chi connectivity index (χ2v) is 4.80. The molecule has 0 aromatic heterocycles. The van der Waals surface area contributed by atoms with E-state index in [1.807, 2.05) is 12.1 Å². The molecule has 0 aliphatic heterocycles. The first-order valence-electron chi connectivity index (χ1n) is 6.42. The van der Waals surface area contributed by atoms with Crippen LogP contribution in [0.15, 0.2) is 12.1 Å². The Balaban J connectivity index is 2.14. The first-order valence-corrected chi connectivity index (χ1v) is 6.42. The van der Waals surface area contributed by atoms with Gasteiger partial charge < -0.3 is 14.2 Å². The summed E-state index contributed by atoms with van der Waals surface area (Å²) in [5.41, 5.74) is 2.15. The van der Waals surface area contributed by atoms with Crippen molar-refractivity contribution in [1.29, 1.82) is 0 Å². The summed E-state index contributed by atoms with van der Waals surface area (Å²) in [4.78, 5) is 23.2. The molecule has 5 heteroatoms. The lowest BCUT2D eigenvalue weighted by Gasteiger charge is -2.09. The van der Waals surface area contributed by atoms with Gasteiger partial charge in [-0.1, -0.05) is 0 Å². The molecule has 1 aliphatic rings. The third kappa shape index (κ3) is 2.76. The Kier molecular flexibility index (Phi) is 4.27. The van der Waals surface area contributed by atoms with Crippen LogP contribution in [0.5, 0.6) is 11.5 Å². The van der Waals surface area contributed by atoms with E-state index in [2.05, 4.69) is 4.74 Å². The molecule has 1 aromatic carbocycles. The topological polar surface area (TPSA) is 61.8 Å². The van der Waals surface area contributed by atoms with Crippen LogP contribution < -0.4 is 9.47 Å². The van der Waals surface area contributed by atoms with Gasteiger partial charge in [0.15, 0.2) is 11.5 Å². The maximum absolute atomic E-state index is 12.0. The number of methoxy groups -OCH3 is 3. The van der Waals surface area contributed by atoms with Crippen LogP contribution >= 0.6 is 0 Å². The zero-order valence-corrected chi connectivity index (χ0v) is 11.9. The predicted octanol–water partition coefficient (Wildman–Crippen LogP) is 1.55. The molecule has 1 aliphatic carbocycles. The predicted molar refractivity (Wildman–Crippen MR) is 72.1 cm³/mol. The molecule has 108 valence electrons. The fraction of sp³-hybridized carbons (Fsp3) is 0.467. The molecule has 0 radical (unpaired) electrons. The lowest BCUT2D eigenvalue weighted by Crippen LogP contribution is -2.19. The highest BCUT2D eigenvalue weighted by atomic mass is 16.5. The van der Waals surface area contributed by atoms with Crippen molar-refractivity contribution in [3.8, 4) is 11.5 Å². The highest BCUT2D eigenvalue weighted by Crippen LogP contribution is 2.37. The van der Waals surface area contributed by atoms with E-state index in [0.29, 0.717) is 24.3 Å². The van der Waals surface area contributed by atoms with E-state index < -0.39 is 5.97 Å². The largest absolute Gasteiger partial charge is 0.493 e. The van der Waals surface area contributed by atoms with Gasteiger partial charge in [-0.2, -0.15) is 0 Å². The van der Waals surface area contributed by atoms with Gasteiger partial charge in [-0.15, -0.1) is 0 Å². The molecule has 2 rings (SSSR count). The molecule has 0 atom stereocenters. The van der Waals surface area contributed by atoms with Gasteiger partial charge in [0.25, 0.3) is 0 Å². The van der Waals surface area contributed by atoms with E-state index >= 15 is 0 Å². The molecular formula is C15H18O5. The minimum absolute atomic E-state index is 0.0778. The molecule has 0 fully saturated rings. The Morgan fingerprint density at radius 3 is 1.95 bits per heavy atom. The SMILES string of the molecule is COC(=O)CC(=O)C1Cc2cc(OC)c(OC)cc2C1. The molecule has 20 heavy (non-hydrogen) atoms. The smallest absolute Gasteiger partial charge is 0.313 e. The summed E-state index contributed by atoms with van der Waals surface area (Å²) >= 11 is 0. The maximum Gasteiger partial charge on any atom is 0.313 e. The first kappa shape index (κ1) is 14.4. The third-order valence-electron chi connectivity index (χ3n) is 3.64. The van der Waals surface area contributed by atoms with Crippen LogP contribution in [0.1, 0.15) is 17.5 Å². The number of rotatable bonds is 5. The number of carbonyl (C=O) groups is 2. The molecule has 1 aromatic rings. The Morgan fingerprint density at radius 2 is 1.55 bits per heavy atom. The molecule has 5 nitrogen and oxygen atoms in total. The standard InChI is InChI=1S/C15H18O5/c1-18-13-6-9-4-11(12(16)8-15(17)20-3)5-10(9)7-14(13)19-2/h6-7,11H,4-5,8H2,1-3H3. The van der Waals surface area contributed by atoms with Crippen LogP contribution in [-0.2, 0) is 27.2 Å². The fourth-order valence-electron chi connectivity index (χ4n) is 2.53. The van der Waals surface area contributed by atoms with Gasteiger partial charge >= 0.3 is 5.97 Å². The Labute approximate surface area is 117 Å². The van der Waals surface area contributed by atoms with Gasteiger partial charge in [-0.25, -0.2) is 0 Å². The minimum Gasteiger partial charge on any atom is -0.493 e. The Bertz CT molecular complexity index is 502. The van der Waals surface area contributed by atoms with Crippen molar-refractivity contribution in [2.45, 2.75) is 19.3 Å². The van der Waals surface area contributed by atoms with E-state index in [1.54, 1.807) is 14.2 Å². The van der Waals surface area contributed by atoms with E-state index in [-0.39, 0.29) is 18.1 Å². The van der Waals surface area contributed by atoms with Crippen LogP contribution in [0.25, 0.3) is 0 Å². The lowest BCUT2D eigenvalue weighted by molar-refractivity contribution is -0.144. The molecule has 0 N–H and O–H groups in total. The monoisotopic (exact) mass is 278 g/mol. The van der Waals surface area contributed by atoms with Gasteiger partial charge in [-0.3, -0.25) is 9.59 Å². The number of ketones is 1. The van der Waals surface area contributed by atoms with Gasteiger partial charge in [-0.05, 0) is 36.1 Å². The number of hydrogen-bond donors (Lipinski definition) is 0. The summed E-state index contributed by atoms with van der Waals surface area (Å²) in [7, 11) is 4.45. The Morgan fingerprint density at radius 1 is 1.05 bits per heavy atom. The van der Waals surface area contributed by atoms with E-state index in [4.69, 9.17) is 9.47 Å². The summed E-state index contributed by atoms with van der Waals surface area (Å²) in [6.07, 6.45) is 1.10. The van der Waals surface area contributed by atoms with Gasteiger partial charge in [0.1, 0.15) is 12.2 Å². The van der Waals surface area contributed by atoms with Crippen molar-refractivity contribution in [2.75, 3.05) is 21.3 Å². The van der Waals surface area contributed by atoms with Crippen LogP contribution in [0, 0.1) is 5.92 Å². The average molecular weight is 278 g/mol. The molecular weight excluding hydrogens is 260 g/mol. The highest BCUT2D eigenvalue weighted by Gasteiger charge is 2.30. The van der Waals surface area contributed by atoms with Gasteiger partial charge in [0, 0.05) is 5.92 Å². The fourth-order valence-corrected chi connectivity index (χ4v) is 2.53. The number of ether oxygens (including phenoxy) is 3. The lowest BCUT2D eigenvalue weighted by atomic mass is 9.98. The number of hydrogen-bond acceptors (Lipinski definition) is 5. The number of carbonyl (C=O) groups excluding carboxylic acids is 2. The molecule has 0 bridgehead atoms. The highest BCUT2D eigenvalue weighted by molar-refractivity contribution is 5.97. The molecule has 0 saturated heterocycles. The van der Waals surface area contributed by atoms with Crippen LogP contribution in [0.3, 0.4) is 0 Å². The average Bonchev–Trinajstić information content (AvgIpc) is 2.88. The second-order valence-electron chi connectivity index (χ2n) is 4.80. The molecule has 0 spiro atoms. The molecule has 0 unspecified atom stereocenters. The summed E-state index contributed by atoms with van der Waals surface area (Å²) in [5.74, 6) is 0.590. The zero-order valence-electron chi connectivity index (χ0n) is 11.9. The summed E-state index contributed by atoms with van der Waals surface area (Å²) < 4.78 is 15.0. The number of fused-ring (bicyclic) bond motifs is 1. The van der Waals surface area contributed by atoms with Crippen molar-refractivity contribution in [3.63, 3.8) is 0 Å². The number of esters is 1. The maximum atomic E-state index is 12.0. The van der Waals surface area contributed by atoms with Crippen molar-refractivity contribution < 1.29 is 23.8 Å². The Hall–Kier alpha value is -2.04. The molecule has 0 amide bonds. The normalized spacial score (nSPS) is 13.8.